The van der Waals surface area contributed by atoms with Crippen molar-refractivity contribution < 1.29 is 14.5 Å². The fourth-order valence-electron chi connectivity index (χ4n) is 2.74. The van der Waals surface area contributed by atoms with E-state index in [1.54, 1.807) is 32.0 Å². The largest absolute Gasteiger partial charge is 0.463 e. The van der Waals surface area contributed by atoms with Crippen LogP contribution in [0.5, 0.6) is 0 Å². The molecule has 1 atom stereocenters. The van der Waals surface area contributed by atoms with E-state index in [0.29, 0.717) is 17.2 Å². The van der Waals surface area contributed by atoms with E-state index in [0.717, 1.165) is 0 Å². The first-order valence-electron chi connectivity index (χ1n) is 7.32. The molecular formula is C15H15N5O4. The molecule has 24 heavy (non-hydrogen) atoms. The first kappa shape index (κ1) is 15.7. The number of hydrogen-bond donors (Lipinski definition) is 1. The second kappa shape index (κ2) is 6.11. The summed E-state index contributed by atoms with van der Waals surface area (Å²) in [6, 6.07) is 5.47. The fraction of sp³-hybridized carbons (Fsp3) is 0.267. The molecule has 9 heteroatoms. The van der Waals surface area contributed by atoms with Gasteiger partial charge in [-0.25, -0.2) is 9.48 Å². The fourth-order valence-corrected chi connectivity index (χ4v) is 2.74. The van der Waals surface area contributed by atoms with Crippen LogP contribution in [0.4, 0.5) is 11.6 Å². The van der Waals surface area contributed by atoms with Gasteiger partial charge in [-0.3, -0.25) is 10.1 Å². The molecule has 1 aliphatic heterocycles. The highest BCUT2D eigenvalue weighted by atomic mass is 16.6. The van der Waals surface area contributed by atoms with Gasteiger partial charge >= 0.3 is 5.97 Å². The van der Waals surface area contributed by atoms with Gasteiger partial charge in [0.05, 0.1) is 22.7 Å². The molecule has 9 nitrogen and oxygen atoms in total. The van der Waals surface area contributed by atoms with E-state index < -0.39 is 16.9 Å². The molecule has 0 aliphatic carbocycles. The number of para-hydroxylation sites is 1. The lowest BCUT2D eigenvalue weighted by Gasteiger charge is -2.27. The zero-order valence-corrected chi connectivity index (χ0v) is 13.1. The molecule has 0 fully saturated rings. The second-order valence-electron chi connectivity index (χ2n) is 5.13. The number of anilines is 1. The van der Waals surface area contributed by atoms with Crippen molar-refractivity contribution >= 4 is 17.6 Å². The van der Waals surface area contributed by atoms with Crippen LogP contribution in [0.25, 0.3) is 0 Å². The summed E-state index contributed by atoms with van der Waals surface area (Å²) >= 11 is 0. The van der Waals surface area contributed by atoms with Gasteiger partial charge in [0.1, 0.15) is 12.4 Å². The Balaban J connectivity index is 2.22. The maximum atomic E-state index is 12.5. The number of esters is 1. The molecule has 0 bridgehead atoms. The van der Waals surface area contributed by atoms with Crippen LogP contribution in [-0.4, -0.2) is 32.3 Å². The molecule has 1 aromatic heterocycles. The number of allylic oxidation sites excluding steroid dienone is 1. The number of benzene rings is 1. The third kappa shape index (κ3) is 2.49. The number of ether oxygens (including phenoxy) is 1. The highest BCUT2D eigenvalue weighted by molar-refractivity contribution is 5.92. The van der Waals surface area contributed by atoms with E-state index in [-0.39, 0.29) is 17.9 Å². The Morgan fingerprint density at radius 3 is 2.92 bits per heavy atom. The normalized spacial score (nSPS) is 16.3. The molecule has 0 unspecified atom stereocenters. The standard InChI is InChI=1S/C15H15N5O4/c1-3-24-14(21)12-9(2)18-15-16-8-17-19(15)13(12)10-6-4-5-7-11(10)20(22)23/h4-8,13H,3H2,1-2H3,(H,16,17,18)/t13-/m1/s1. The summed E-state index contributed by atoms with van der Waals surface area (Å²) in [5.74, 6) is -0.143. The number of fused-ring (bicyclic) bond motifs is 1. The van der Waals surface area contributed by atoms with Gasteiger partial charge in [0, 0.05) is 11.8 Å². The SMILES string of the molecule is CCOC(=O)C1=C(C)Nc2ncnn2[C@@H]1c1ccccc1[N+](=O)[O-]. The third-order valence-corrected chi connectivity index (χ3v) is 3.72. The van der Waals surface area contributed by atoms with Crippen LogP contribution in [0.15, 0.2) is 41.9 Å². The summed E-state index contributed by atoms with van der Waals surface area (Å²) in [7, 11) is 0. The van der Waals surface area contributed by atoms with E-state index in [9.17, 15) is 14.9 Å². The van der Waals surface area contributed by atoms with Gasteiger partial charge in [0.2, 0.25) is 5.95 Å². The van der Waals surface area contributed by atoms with E-state index in [2.05, 4.69) is 15.4 Å². The van der Waals surface area contributed by atoms with Crippen LogP contribution in [0.3, 0.4) is 0 Å². The van der Waals surface area contributed by atoms with Crippen molar-refractivity contribution in [2.24, 2.45) is 0 Å². The number of nitrogens with one attached hydrogen (secondary N) is 1. The average Bonchev–Trinajstić information content (AvgIpc) is 3.01. The van der Waals surface area contributed by atoms with Gasteiger partial charge in [-0.15, -0.1) is 0 Å². The summed E-state index contributed by atoms with van der Waals surface area (Å²) in [5, 5.41) is 18.5. The minimum absolute atomic E-state index is 0.0968. The predicted octanol–water partition coefficient (Wildman–Crippen LogP) is 2.04. The number of nitro benzene ring substituents is 1. The minimum atomic E-state index is -0.788. The lowest BCUT2D eigenvalue weighted by atomic mass is 9.94. The second-order valence-corrected chi connectivity index (χ2v) is 5.13. The van der Waals surface area contributed by atoms with Crippen molar-refractivity contribution in [2.75, 3.05) is 11.9 Å². The number of rotatable bonds is 4. The Labute approximate surface area is 137 Å². The van der Waals surface area contributed by atoms with Crippen LogP contribution < -0.4 is 5.32 Å². The molecule has 1 aliphatic rings. The molecule has 0 amide bonds. The molecule has 0 saturated heterocycles. The van der Waals surface area contributed by atoms with Crippen LogP contribution >= 0.6 is 0 Å². The maximum Gasteiger partial charge on any atom is 0.338 e. The highest BCUT2D eigenvalue weighted by Gasteiger charge is 2.37. The molecule has 2 aromatic rings. The highest BCUT2D eigenvalue weighted by Crippen LogP contribution is 2.38. The number of nitrogens with zero attached hydrogens (tertiary/aromatic N) is 4. The zero-order valence-electron chi connectivity index (χ0n) is 13.1. The van der Waals surface area contributed by atoms with E-state index in [4.69, 9.17) is 4.74 Å². The first-order valence-corrected chi connectivity index (χ1v) is 7.32. The van der Waals surface area contributed by atoms with Gasteiger partial charge in [-0.2, -0.15) is 10.1 Å². The van der Waals surface area contributed by atoms with Crippen molar-refractivity contribution in [1.82, 2.24) is 14.8 Å². The molecule has 0 radical (unpaired) electrons. The Kier molecular flexibility index (Phi) is 3.98. The van der Waals surface area contributed by atoms with Crippen LogP contribution in [-0.2, 0) is 9.53 Å². The topological polar surface area (TPSA) is 112 Å². The Hall–Kier alpha value is -3.23. The molecular weight excluding hydrogens is 314 g/mol. The first-order chi connectivity index (χ1) is 11.5. The summed E-state index contributed by atoms with van der Waals surface area (Å²) in [6.45, 7) is 3.60. The number of nitro groups is 1. The number of aromatic nitrogens is 3. The van der Waals surface area contributed by atoms with Crippen molar-refractivity contribution in [3.8, 4) is 0 Å². The van der Waals surface area contributed by atoms with E-state index >= 15 is 0 Å². The summed E-state index contributed by atoms with van der Waals surface area (Å²) in [6.07, 6.45) is 1.32. The third-order valence-electron chi connectivity index (χ3n) is 3.72. The molecule has 0 spiro atoms. The van der Waals surface area contributed by atoms with Crippen LogP contribution in [0.2, 0.25) is 0 Å². The minimum Gasteiger partial charge on any atom is -0.463 e. The summed E-state index contributed by atoms with van der Waals surface area (Å²) < 4.78 is 6.57. The molecule has 1 aromatic carbocycles. The van der Waals surface area contributed by atoms with Gasteiger partial charge in [-0.05, 0) is 19.9 Å². The van der Waals surface area contributed by atoms with E-state index in [1.165, 1.54) is 17.1 Å². The Bertz CT molecular complexity index is 842. The van der Waals surface area contributed by atoms with Crippen molar-refractivity contribution in [3.05, 3.63) is 57.5 Å². The van der Waals surface area contributed by atoms with Crippen LogP contribution in [0.1, 0.15) is 25.5 Å². The average molecular weight is 329 g/mol. The molecule has 0 saturated carbocycles. The smallest absolute Gasteiger partial charge is 0.338 e. The summed E-state index contributed by atoms with van der Waals surface area (Å²) in [4.78, 5) is 27.5. The lowest BCUT2D eigenvalue weighted by molar-refractivity contribution is -0.385. The van der Waals surface area contributed by atoms with Gasteiger partial charge in [0.15, 0.2) is 0 Å². The van der Waals surface area contributed by atoms with Crippen molar-refractivity contribution in [3.63, 3.8) is 0 Å². The van der Waals surface area contributed by atoms with Crippen molar-refractivity contribution in [1.29, 1.82) is 0 Å². The zero-order chi connectivity index (χ0) is 17.3. The summed E-state index contributed by atoms with van der Waals surface area (Å²) in [5.41, 5.74) is 1.04. The van der Waals surface area contributed by atoms with E-state index in [1.807, 2.05) is 0 Å². The number of carbonyl (C=O) groups excluding carboxylic acids is 1. The molecule has 1 N–H and O–H groups in total. The molecule has 2 heterocycles. The Morgan fingerprint density at radius 2 is 2.21 bits per heavy atom. The van der Waals surface area contributed by atoms with Gasteiger partial charge < -0.3 is 10.1 Å². The van der Waals surface area contributed by atoms with Gasteiger partial charge in [0.25, 0.3) is 5.69 Å². The number of carbonyl (C=O) groups is 1. The molecule has 124 valence electrons. The van der Waals surface area contributed by atoms with Crippen molar-refractivity contribution in [2.45, 2.75) is 19.9 Å². The van der Waals surface area contributed by atoms with Gasteiger partial charge in [-0.1, -0.05) is 12.1 Å². The number of hydrogen-bond acceptors (Lipinski definition) is 7. The quantitative estimate of drug-likeness (QED) is 0.519. The predicted molar refractivity (Wildman–Crippen MR) is 84.2 cm³/mol. The Morgan fingerprint density at radius 1 is 1.46 bits per heavy atom. The van der Waals surface area contributed by atoms with Crippen LogP contribution in [0, 0.1) is 10.1 Å². The lowest BCUT2D eigenvalue weighted by Crippen LogP contribution is -2.30. The monoisotopic (exact) mass is 329 g/mol. The molecule has 3 rings (SSSR count). The maximum absolute atomic E-state index is 12.5.